The van der Waals surface area contributed by atoms with Crippen LogP contribution in [0.1, 0.15) is 37.0 Å². The zero-order chi connectivity index (χ0) is 16.8. The van der Waals surface area contributed by atoms with Gasteiger partial charge in [0.1, 0.15) is 11.1 Å². The summed E-state index contributed by atoms with van der Waals surface area (Å²) in [5.41, 5.74) is 2.35. The molecule has 1 heterocycles. The lowest BCUT2D eigenvalue weighted by atomic mass is 10.1. The number of aromatic nitrogens is 1. The molecule has 0 radical (unpaired) electrons. The maximum Gasteiger partial charge on any atom is 0.161 e. The Bertz CT molecular complexity index is 742. The van der Waals surface area contributed by atoms with Gasteiger partial charge in [-0.1, -0.05) is 6.07 Å². The van der Waals surface area contributed by atoms with Crippen LogP contribution < -0.4 is 9.47 Å². The molecule has 1 aromatic carbocycles. The number of nitrogens with zero attached hydrogens (tertiary/aromatic N) is 2. The number of hydrogen-bond donors (Lipinski definition) is 0. The van der Waals surface area contributed by atoms with Gasteiger partial charge in [0.05, 0.1) is 18.3 Å². The highest BCUT2D eigenvalue weighted by atomic mass is 32.1. The zero-order valence-electron chi connectivity index (χ0n) is 13.8. The molecule has 4 nitrogen and oxygen atoms in total. The minimum Gasteiger partial charge on any atom is -0.490 e. The molecule has 0 saturated carbocycles. The third-order valence-electron chi connectivity index (χ3n) is 2.91. The van der Waals surface area contributed by atoms with Crippen molar-refractivity contribution in [2.75, 3.05) is 6.61 Å². The Morgan fingerprint density at radius 1 is 1.39 bits per heavy atom. The van der Waals surface area contributed by atoms with Gasteiger partial charge < -0.3 is 9.47 Å². The second-order valence-corrected chi connectivity index (χ2v) is 6.13. The summed E-state index contributed by atoms with van der Waals surface area (Å²) in [7, 11) is 0. The van der Waals surface area contributed by atoms with Crippen LogP contribution in [0.2, 0.25) is 0 Å². The fourth-order valence-electron chi connectivity index (χ4n) is 2.02. The topological polar surface area (TPSA) is 55.1 Å². The number of hydrogen-bond acceptors (Lipinski definition) is 5. The van der Waals surface area contributed by atoms with Gasteiger partial charge >= 0.3 is 0 Å². The van der Waals surface area contributed by atoms with E-state index in [1.165, 1.54) is 11.3 Å². The molecule has 0 atom stereocenters. The number of ether oxygens (including phenoxy) is 2. The van der Waals surface area contributed by atoms with Gasteiger partial charge in [-0.25, -0.2) is 4.98 Å². The normalized spacial score (nSPS) is 11.4. The summed E-state index contributed by atoms with van der Waals surface area (Å²) in [5, 5.41) is 12.1. The van der Waals surface area contributed by atoms with E-state index in [1.54, 1.807) is 0 Å². The predicted molar refractivity (Wildman–Crippen MR) is 93.7 cm³/mol. The summed E-state index contributed by atoms with van der Waals surface area (Å²) in [6, 6.07) is 7.89. The van der Waals surface area contributed by atoms with Crippen LogP contribution in [0.4, 0.5) is 0 Å². The first-order chi connectivity index (χ1) is 11.0. The highest BCUT2D eigenvalue weighted by Gasteiger charge is 2.10. The van der Waals surface area contributed by atoms with Crippen molar-refractivity contribution in [3.05, 3.63) is 39.8 Å². The molecular weight excluding hydrogens is 308 g/mol. The van der Waals surface area contributed by atoms with Crippen LogP contribution in [-0.4, -0.2) is 17.7 Å². The van der Waals surface area contributed by atoms with E-state index in [4.69, 9.17) is 9.47 Å². The molecule has 23 heavy (non-hydrogen) atoms. The molecule has 2 aromatic rings. The molecule has 2 rings (SSSR count). The van der Waals surface area contributed by atoms with Crippen molar-refractivity contribution in [1.29, 1.82) is 5.26 Å². The lowest BCUT2D eigenvalue weighted by Gasteiger charge is -2.15. The highest BCUT2D eigenvalue weighted by molar-refractivity contribution is 7.11. The summed E-state index contributed by atoms with van der Waals surface area (Å²) in [4.78, 5) is 4.37. The van der Waals surface area contributed by atoms with Crippen molar-refractivity contribution in [1.82, 2.24) is 4.98 Å². The quantitative estimate of drug-likeness (QED) is 0.721. The minimum absolute atomic E-state index is 0.0727. The SMILES string of the molecule is CCOc1cc(/C=C(/C#N)c2nc(C)cs2)ccc1OC(C)C. The van der Waals surface area contributed by atoms with Gasteiger partial charge in [-0.3, -0.25) is 0 Å². The van der Waals surface area contributed by atoms with Gasteiger partial charge in [0.25, 0.3) is 0 Å². The zero-order valence-corrected chi connectivity index (χ0v) is 14.6. The summed E-state index contributed by atoms with van der Waals surface area (Å²) >= 11 is 1.47. The molecule has 5 heteroatoms. The monoisotopic (exact) mass is 328 g/mol. The van der Waals surface area contributed by atoms with Crippen LogP contribution in [0.3, 0.4) is 0 Å². The molecule has 0 spiro atoms. The van der Waals surface area contributed by atoms with E-state index >= 15 is 0 Å². The van der Waals surface area contributed by atoms with Gasteiger partial charge in [0.2, 0.25) is 0 Å². The van der Waals surface area contributed by atoms with E-state index in [9.17, 15) is 5.26 Å². The number of thiazole rings is 1. The van der Waals surface area contributed by atoms with Crippen LogP contribution in [0, 0.1) is 18.3 Å². The Hall–Kier alpha value is -2.32. The standard InChI is InChI=1S/C18H20N2O2S/c1-5-21-17-9-14(6-7-16(17)22-12(2)3)8-15(10-19)18-20-13(4)11-23-18/h6-9,11-12H,5H2,1-4H3/b15-8-. The first kappa shape index (κ1) is 17.0. The Morgan fingerprint density at radius 3 is 2.74 bits per heavy atom. The van der Waals surface area contributed by atoms with Crippen molar-refractivity contribution in [3.8, 4) is 17.6 Å². The molecule has 0 fully saturated rings. The van der Waals surface area contributed by atoms with E-state index in [-0.39, 0.29) is 6.10 Å². The highest BCUT2D eigenvalue weighted by Crippen LogP contribution is 2.31. The van der Waals surface area contributed by atoms with Crippen molar-refractivity contribution < 1.29 is 9.47 Å². The van der Waals surface area contributed by atoms with Crippen molar-refractivity contribution in [2.45, 2.75) is 33.8 Å². The average Bonchev–Trinajstić information content (AvgIpc) is 2.93. The molecule has 120 valence electrons. The molecular formula is C18H20N2O2S. The van der Waals surface area contributed by atoms with Gasteiger partial charge in [-0.05, 0) is 51.5 Å². The minimum atomic E-state index is 0.0727. The summed E-state index contributed by atoms with van der Waals surface area (Å²) in [5.74, 6) is 1.39. The van der Waals surface area contributed by atoms with E-state index < -0.39 is 0 Å². The molecule has 0 amide bonds. The van der Waals surface area contributed by atoms with Crippen LogP contribution in [0.25, 0.3) is 11.6 Å². The van der Waals surface area contributed by atoms with Crippen LogP contribution in [0.5, 0.6) is 11.5 Å². The molecule has 0 aliphatic carbocycles. The third kappa shape index (κ3) is 4.57. The van der Waals surface area contributed by atoms with Gasteiger partial charge in [-0.15, -0.1) is 11.3 Å². The Balaban J connectivity index is 2.37. The number of benzene rings is 1. The lowest BCUT2D eigenvalue weighted by molar-refractivity contribution is 0.224. The Labute approximate surface area is 141 Å². The van der Waals surface area contributed by atoms with Crippen LogP contribution in [-0.2, 0) is 0 Å². The average molecular weight is 328 g/mol. The van der Waals surface area contributed by atoms with E-state index in [1.807, 2.05) is 57.4 Å². The smallest absolute Gasteiger partial charge is 0.161 e. The van der Waals surface area contributed by atoms with Crippen molar-refractivity contribution in [2.24, 2.45) is 0 Å². The maximum absolute atomic E-state index is 9.39. The number of allylic oxidation sites excluding steroid dienone is 1. The lowest BCUT2D eigenvalue weighted by Crippen LogP contribution is -2.07. The second-order valence-electron chi connectivity index (χ2n) is 5.27. The Morgan fingerprint density at radius 2 is 2.17 bits per heavy atom. The van der Waals surface area contributed by atoms with E-state index in [2.05, 4.69) is 11.1 Å². The van der Waals surface area contributed by atoms with Crippen molar-refractivity contribution in [3.63, 3.8) is 0 Å². The molecule has 0 unspecified atom stereocenters. The van der Waals surface area contributed by atoms with Crippen LogP contribution >= 0.6 is 11.3 Å². The molecule has 0 N–H and O–H groups in total. The van der Waals surface area contributed by atoms with Crippen molar-refractivity contribution >= 4 is 23.0 Å². The summed E-state index contributed by atoms with van der Waals surface area (Å²) < 4.78 is 11.4. The third-order valence-corrected chi connectivity index (χ3v) is 3.90. The van der Waals surface area contributed by atoms with E-state index in [0.29, 0.717) is 23.7 Å². The first-order valence-corrected chi connectivity index (χ1v) is 8.39. The van der Waals surface area contributed by atoms with Gasteiger partial charge in [0, 0.05) is 11.1 Å². The fourth-order valence-corrected chi connectivity index (χ4v) is 2.78. The Kier molecular flexibility index (Phi) is 5.78. The number of nitriles is 1. The first-order valence-electron chi connectivity index (χ1n) is 7.51. The van der Waals surface area contributed by atoms with Gasteiger partial charge in [0.15, 0.2) is 11.5 Å². The molecule has 0 saturated heterocycles. The molecule has 0 aliphatic heterocycles. The largest absolute Gasteiger partial charge is 0.490 e. The summed E-state index contributed by atoms with van der Waals surface area (Å²) in [6.07, 6.45) is 1.89. The number of aryl methyl sites for hydroxylation is 1. The molecule has 1 aromatic heterocycles. The molecule has 0 bridgehead atoms. The maximum atomic E-state index is 9.39. The second kappa shape index (κ2) is 7.80. The van der Waals surface area contributed by atoms with E-state index in [0.717, 1.165) is 16.3 Å². The fraction of sp³-hybridized carbons (Fsp3) is 0.333. The summed E-state index contributed by atoms with van der Waals surface area (Å²) in [6.45, 7) is 8.35. The van der Waals surface area contributed by atoms with Crippen LogP contribution in [0.15, 0.2) is 23.6 Å². The predicted octanol–water partition coefficient (Wildman–Crippen LogP) is 4.70. The number of rotatable bonds is 6. The van der Waals surface area contributed by atoms with Gasteiger partial charge in [-0.2, -0.15) is 5.26 Å². The molecule has 0 aliphatic rings.